The maximum absolute atomic E-state index is 14.4. The van der Waals surface area contributed by atoms with Gasteiger partial charge in [0.1, 0.15) is 16.7 Å². The Morgan fingerprint density at radius 3 is 2.04 bits per heavy atom. The summed E-state index contributed by atoms with van der Waals surface area (Å²) in [6, 6.07) is 5.13. The van der Waals surface area contributed by atoms with Crippen LogP contribution in [0, 0.1) is 23.3 Å². The van der Waals surface area contributed by atoms with Crippen molar-refractivity contribution in [1.29, 1.82) is 0 Å². The summed E-state index contributed by atoms with van der Waals surface area (Å²) in [6.07, 6.45) is 1.30. The zero-order valence-electron chi connectivity index (χ0n) is 13.5. The van der Waals surface area contributed by atoms with E-state index in [9.17, 15) is 17.6 Å². The lowest BCUT2D eigenvalue weighted by atomic mass is 10.3. The number of hydrogen-bond acceptors (Lipinski definition) is 5. The number of halogens is 5. The van der Waals surface area contributed by atoms with E-state index in [1.54, 1.807) is 0 Å². The van der Waals surface area contributed by atoms with Gasteiger partial charge in [-0.25, -0.2) is 13.8 Å². The summed E-state index contributed by atoms with van der Waals surface area (Å²) in [7, 11) is 1.02. The Bertz CT molecular complexity index is 1000. The minimum absolute atomic E-state index is 0.0637. The van der Waals surface area contributed by atoms with Crippen molar-refractivity contribution in [2.75, 3.05) is 7.11 Å². The number of ether oxygens (including phenoxy) is 3. The van der Waals surface area contributed by atoms with E-state index in [0.717, 1.165) is 19.2 Å². The van der Waals surface area contributed by atoms with Crippen molar-refractivity contribution in [3.05, 3.63) is 65.0 Å². The first-order valence-electron chi connectivity index (χ1n) is 7.24. The molecular weight excluding hydrogens is 392 g/mol. The van der Waals surface area contributed by atoms with Gasteiger partial charge in [-0.3, -0.25) is 0 Å². The van der Waals surface area contributed by atoms with E-state index in [1.165, 1.54) is 18.3 Å². The summed E-state index contributed by atoms with van der Waals surface area (Å²) in [5.41, 5.74) is 0. The Morgan fingerprint density at radius 2 is 1.48 bits per heavy atom. The average Bonchev–Trinajstić information content (AvgIpc) is 2.63. The Morgan fingerprint density at radius 1 is 0.852 bits per heavy atom. The van der Waals surface area contributed by atoms with Crippen molar-refractivity contribution in [1.82, 2.24) is 9.97 Å². The first kappa shape index (κ1) is 18.7. The van der Waals surface area contributed by atoms with Crippen LogP contribution in [0.5, 0.6) is 29.0 Å². The third-order valence-corrected chi connectivity index (χ3v) is 3.41. The molecular formula is C17H9ClF4N2O3. The van der Waals surface area contributed by atoms with E-state index in [-0.39, 0.29) is 16.7 Å². The molecule has 0 amide bonds. The fraction of sp³-hybridized carbons (Fsp3) is 0.0588. The molecule has 0 aliphatic rings. The normalized spacial score (nSPS) is 10.6. The van der Waals surface area contributed by atoms with Gasteiger partial charge in [0.2, 0.25) is 17.4 Å². The van der Waals surface area contributed by atoms with Crippen LogP contribution < -0.4 is 14.2 Å². The van der Waals surface area contributed by atoms with Gasteiger partial charge in [-0.2, -0.15) is 13.8 Å². The van der Waals surface area contributed by atoms with Crippen LogP contribution in [0.2, 0.25) is 5.15 Å². The fourth-order valence-electron chi connectivity index (χ4n) is 2.01. The van der Waals surface area contributed by atoms with Gasteiger partial charge >= 0.3 is 0 Å². The minimum Gasteiger partial charge on any atom is -0.491 e. The predicted molar refractivity (Wildman–Crippen MR) is 86.5 cm³/mol. The zero-order valence-corrected chi connectivity index (χ0v) is 14.2. The average molecular weight is 401 g/mol. The van der Waals surface area contributed by atoms with Crippen molar-refractivity contribution >= 4 is 11.6 Å². The number of benzene rings is 1. The highest BCUT2D eigenvalue weighted by atomic mass is 35.5. The van der Waals surface area contributed by atoms with E-state index < -0.39 is 40.8 Å². The summed E-state index contributed by atoms with van der Waals surface area (Å²) >= 11 is 5.72. The fourth-order valence-corrected chi connectivity index (χ4v) is 2.17. The highest BCUT2D eigenvalue weighted by molar-refractivity contribution is 6.29. The van der Waals surface area contributed by atoms with Gasteiger partial charge in [0.05, 0.1) is 7.11 Å². The Labute approximate surface area is 155 Å². The molecule has 5 nitrogen and oxygen atoms in total. The number of rotatable bonds is 5. The van der Waals surface area contributed by atoms with Gasteiger partial charge in [0.15, 0.2) is 11.6 Å². The molecule has 10 heteroatoms. The maximum Gasteiger partial charge on any atom is 0.263 e. The van der Waals surface area contributed by atoms with Crippen molar-refractivity contribution < 1.29 is 31.8 Å². The Hall–Kier alpha value is -3.07. The molecule has 2 heterocycles. The molecule has 0 bridgehead atoms. The molecule has 3 aromatic rings. The summed E-state index contributed by atoms with van der Waals surface area (Å²) < 4.78 is 70.1. The summed E-state index contributed by atoms with van der Waals surface area (Å²) in [4.78, 5) is 7.33. The van der Waals surface area contributed by atoms with Crippen LogP contribution in [0.15, 0.2) is 36.5 Å². The van der Waals surface area contributed by atoms with Crippen LogP contribution in [0.25, 0.3) is 0 Å². The van der Waals surface area contributed by atoms with Crippen LogP contribution in [0.1, 0.15) is 0 Å². The molecule has 0 spiro atoms. The third-order valence-electron chi connectivity index (χ3n) is 3.20. The van der Waals surface area contributed by atoms with Gasteiger partial charge < -0.3 is 14.2 Å². The van der Waals surface area contributed by atoms with E-state index in [2.05, 4.69) is 14.7 Å². The summed E-state index contributed by atoms with van der Waals surface area (Å²) in [5, 5.41) is 0.0697. The van der Waals surface area contributed by atoms with Gasteiger partial charge in [0, 0.05) is 18.3 Å². The molecule has 0 unspecified atom stereocenters. The van der Waals surface area contributed by atoms with Crippen molar-refractivity contribution in [2.24, 2.45) is 0 Å². The monoisotopic (exact) mass is 400 g/mol. The maximum atomic E-state index is 14.4. The van der Waals surface area contributed by atoms with Crippen molar-refractivity contribution in [3.63, 3.8) is 0 Å². The third kappa shape index (κ3) is 4.03. The molecule has 2 aromatic heterocycles. The molecule has 3 rings (SSSR count). The van der Waals surface area contributed by atoms with E-state index in [1.807, 2.05) is 0 Å². The molecule has 0 atom stereocenters. The lowest BCUT2D eigenvalue weighted by molar-refractivity contribution is 0.316. The van der Waals surface area contributed by atoms with Gasteiger partial charge in [0.25, 0.3) is 11.8 Å². The van der Waals surface area contributed by atoms with Gasteiger partial charge in [-0.05, 0) is 18.2 Å². The zero-order chi connectivity index (χ0) is 19.6. The smallest absolute Gasteiger partial charge is 0.263 e. The quantitative estimate of drug-likeness (QED) is 0.431. The Kier molecular flexibility index (Phi) is 5.31. The van der Waals surface area contributed by atoms with Crippen LogP contribution in [-0.4, -0.2) is 17.1 Å². The second-order valence-corrected chi connectivity index (χ2v) is 5.36. The highest BCUT2D eigenvalue weighted by Crippen LogP contribution is 2.37. The largest absolute Gasteiger partial charge is 0.491 e. The van der Waals surface area contributed by atoms with Crippen LogP contribution in [0.3, 0.4) is 0 Å². The van der Waals surface area contributed by atoms with Crippen molar-refractivity contribution in [2.45, 2.75) is 0 Å². The molecule has 0 aliphatic heterocycles. The number of nitrogens with zero attached hydrogens (tertiary/aromatic N) is 2. The Balaban J connectivity index is 2.01. The molecule has 0 fully saturated rings. The number of hydrogen-bond donors (Lipinski definition) is 0. The summed E-state index contributed by atoms with van der Waals surface area (Å²) in [6.45, 7) is 0. The number of aromatic nitrogens is 2. The van der Waals surface area contributed by atoms with Gasteiger partial charge in [-0.1, -0.05) is 11.6 Å². The standard InChI is InChI=1S/C17H9ClF4N2O3/c1-25-15-13(21)16(26-8-2-3-10(19)11(20)6-8)24-17(14(15)22)27-9-4-5-23-12(18)7-9/h2-7H,1H3. The molecule has 0 N–H and O–H groups in total. The minimum atomic E-state index is -1.29. The lowest BCUT2D eigenvalue weighted by Gasteiger charge is -2.13. The topological polar surface area (TPSA) is 53.5 Å². The van der Waals surface area contributed by atoms with Crippen molar-refractivity contribution in [3.8, 4) is 29.0 Å². The molecule has 1 aromatic carbocycles. The van der Waals surface area contributed by atoms with E-state index in [0.29, 0.717) is 6.07 Å². The molecule has 140 valence electrons. The van der Waals surface area contributed by atoms with Crippen LogP contribution in [-0.2, 0) is 0 Å². The first-order valence-corrected chi connectivity index (χ1v) is 7.62. The summed E-state index contributed by atoms with van der Waals surface area (Å²) in [5.74, 6) is -7.36. The molecule has 0 saturated carbocycles. The van der Waals surface area contributed by atoms with Gasteiger partial charge in [-0.15, -0.1) is 0 Å². The lowest BCUT2D eigenvalue weighted by Crippen LogP contribution is -2.03. The predicted octanol–water partition coefficient (Wildman–Crippen LogP) is 5.28. The SMILES string of the molecule is COc1c(F)c(Oc2ccnc(Cl)c2)nc(Oc2ccc(F)c(F)c2)c1F. The number of pyridine rings is 2. The van der Waals surface area contributed by atoms with Crippen LogP contribution in [0.4, 0.5) is 17.6 Å². The van der Waals surface area contributed by atoms with E-state index in [4.69, 9.17) is 21.1 Å². The number of methoxy groups -OCH3 is 1. The highest BCUT2D eigenvalue weighted by Gasteiger charge is 2.24. The first-order chi connectivity index (χ1) is 12.9. The van der Waals surface area contributed by atoms with Crippen LogP contribution >= 0.6 is 11.6 Å². The molecule has 0 radical (unpaired) electrons. The van der Waals surface area contributed by atoms with E-state index >= 15 is 0 Å². The second-order valence-electron chi connectivity index (χ2n) is 4.98. The molecule has 0 saturated heterocycles. The molecule has 0 aliphatic carbocycles. The molecule has 27 heavy (non-hydrogen) atoms. The second kappa shape index (κ2) is 7.67.